The highest BCUT2D eigenvalue weighted by Crippen LogP contribution is 2.41. The van der Waals surface area contributed by atoms with E-state index >= 15 is 0 Å². The fourth-order valence-corrected chi connectivity index (χ4v) is 5.40. The fourth-order valence-electron chi connectivity index (χ4n) is 3.88. The van der Waals surface area contributed by atoms with Crippen molar-refractivity contribution in [3.63, 3.8) is 0 Å². The number of rotatable bonds is 10. The van der Waals surface area contributed by atoms with Gasteiger partial charge in [0.25, 0.3) is 0 Å². The van der Waals surface area contributed by atoms with Gasteiger partial charge in [-0.05, 0) is 44.9 Å². The first-order valence-corrected chi connectivity index (χ1v) is 11.7. The second kappa shape index (κ2) is 10.5. The van der Waals surface area contributed by atoms with Crippen LogP contribution in [0.3, 0.4) is 0 Å². The molecule has 1 saturated heterocycles. The maximum absolute atomic E-state index is 11.9. The van der Waals surface area contributed by atoms with E-state index in [-0.39, 0.29) is 11.2 Å². The van der Waals surface area contributed by atoms with Gasteiger partial charge in [-0.25, -0.2) is 12.7 Å². The van der Waals surface area contributed by atoms with Crippen LogP contribution in [0.1, 0.15) is 52.4 Å². The standard InChI is InChI=1S/C18H36N4O3S/c1-3-19-17(20-11-13-22-12-7-15-26(22,23)24)21-16-18(8-5-6-9-18)10-14-25-4-2/h3-16H2,1-2H3,(H2,19,20,21). The predicted molar refractivity (Wildman–Crippen MR) is 106 cm³/mol. The Kier molecular flexibility index (Phi) is 8.63. The molecule has 2 aliphatic rings. The minimum absolute atomic E-state index is 0.260. The van der Waals surface area contributed by atoms with Crippen molar-refractivity contribution in [2.24, 2.45) is 10.4 Å². The van der Waals surface area contributed by atoms with E-state index in [0.717, 1.165) is 45.1 Å². The van der Waals surface area contributed by atoms with E-state index in [0.29, 0.717) is 19.6 Å². The molecule has 2 fully saturated rings. The van der Waals surface area contributed by atoms with Gasteiger partial charge in [-0.2, -0.15) is 0 Å². The first kappa shape index (κ1) is 21.4. The molecule has 0 bridgehead atoms. The monoisotopic (exact) mass is 388 g/mol. The number of nitrogens with zero attached hydrogens (tertiary/aromatic N) is 2. The summed E-state index contributed by atoms with van der Waals surface area (Å²) in [6.45, 7) is 8.97. The van der Waals surface area contributed by atoms with Crippen molar-refractivity contribution in [2.45, 2.75) is 52.4 Å². The van der Waals surface area contributed by atoms with Gasteiger partial charge in [0.05, 0.1) is 5.75 Å². The third-order valence-corrected chi connectivity index (χ3v) is 7.38. The highest BCUT2D eigenvalue weighted by Gasteiger charge is 2.33. The van der Waals surface area contributed by atoms with Gasteiger partial charge in [-0.15, -0.1) is 0 Å². The fraction of sp³-hybridized carbons (Fsp3) is 0.944. The second-order valence-electron chi connectivity index (χ2n) is 7.34. The van der Waals surface area contributed by atoms with Gasteiger partial charge in [-0.3, -0.25) is 4.99 Å². The number of ether oxygens (including phenoxy) is 1. The first-order valence-electron chi connectivity index (χ1n) is 10.1. The molecule has 2 N–H and O–H groups in total. The molecular formula is C18H36N4O3S. The molecule has 8 heteroatoms. The maximum atomic E-state index is 11.9. The van der Waals surface area contributed by atoms with Crippen LogP contribution in [0.15, 0.2) is 4.99 Å². The molecule has 1 heterocycles. The molecule has 0 spiro atoms. The largest absolute Gasteiger partial charge is 0.382 e. The average Bonchev–Trinajstić information content (AvgIpc) is 3.20. The molecule has 0 radical (unpaired) electrons. The summed E-state index contributed by atoms with van der Waals surface area (Å²) in [4.78, 5) is 4.82. The minimum atomic E-state index is -3.03. The number of guanidine groups is 1. The van der Waals surface area contributed by atoms with Crippen molar-refractivity contribution in [2.75, 3.05) is 51.7 Å². The molecule has 1 aliphatic carbocycles. The van der Waals surface area contributed by atoms with Crippen LogP contribution in [0.5, 0.6) is 0 Å². The molecule has 2 rings (SSSR count). The zero-order valence-corrected chi connectivity index (χ0v) is 17.2. The van der Waals surface area contributed by atoms with Crippen molar-refractivity contribution in [1.82, 2.24) is 14.9 Å². The molecule has 7 nitrogen and oxygen atoms in total. The molecule has 0 aromatic heterocycles. The summed E-state index contributed by atoms with van der Waals surface area (Å²) in [5.41, 5.74) is 0.260. The minimum Gasteiger partial charge on any atom is -0.382 e. The van der Waals surface area contributed by atoms with Gasteiger partial charge >= 0.3 is 0 Å². The van der Waals surface area contributed by atoms with Crippen LogP contribution in [-0.2, 0) is 14.8 Å². The lowest BCUT2D eigenvalue weighted by molar-refractivity contribution is 0.107. The smallest absolute Gasteiger partial charge is 0.214 e. The lowest BCUT2D eigenvalue weighted by Gasteiger charge is -2.27. The number of hydrogen-bond acceptors (Lipinski definition) is 4. The quantitative estimate of drug-likeness (QED) is 0.337. The van der Waals surface area contributed by atoms with Crippen LogP contribution in [0.4, 0.5) is 0 Å². The summed E-state index contributed by atoms with van der Waals surface area (Å²) in [5.74, 6) is 1.07. The summed E-state index contributed by atoms with van der Waals surface area (Å²) < 4.78 is 30.9. The third-order valence-electron chi connectivity index (χ3n) is 5.42. The molecule has 1 saturated carbocycles. The van der Waals surface area contributed by atoms with E-state index in [2.05, 4.69) is 10.6 Å². The summed E-state index contributed by atoms with van der Waals surface area (Å²) in [7, 11) is -3.03. The highest BCUT2D eigenvalue weighted by atomic mass is 32.2. The van der Waals surface area contributed by atoms with Gasteiger partial charge in [0.15, 0.2) is 5.96 Å². The van der Waals surface area contributed by atoms with Crippen molar-refractivity contribution in [3.05, 3.63) is 0 Å². The Hall–Kier alpha value is -0.860. The average molecular weight is 389 g/mol. The topological polar surface area (TPSA) is 83.0 Å². The van der Waals surface area contributed by atoms with Crippen LogP contribution in [0.25, 0.3) is 0 Å². The summed E-state index contributed by atoms with van der Waals surface area (Å²) in [6.07, 6.45) is 6.79. The number of sulfonamides is 1. The van der Waals surface area contributed by atoms with Gasteiger partial charge < -0.3 is 15.4 Å². The van der Waals surface area contributed by atoms with Gasteiger partial charge in [0.2, 0.25) is 10.0 Å². The highest BCUT2D eigenvalue weighted by molar-refractivity contribution is 7.89. The zero-order valence-electron chi connectivity index (χ0n) is 16.4. The summed E-state index contributed by atoms with van der Waals surface area (Å²) in [5, 5.41) is 6.57. The van der Waals surface area contributed by atoms with E-state index in [1.165, 1.54) is 25.7 Å². The predicted octanol–water partition coefficient (Wildman–Crippen LogP) is 1.56. The Morgan fingerprint density at radius 2 is 1.96 bits per heavy atom. The molecule has 0 atom stereocenters. The molecule has 1 aliphatic heterocycles. The van der Waals surface area contributed by atoms with Crippen LogP contribution in [-0.4, -0.2) is 70.4 Å². The van der Waals surface area contributed by atoms with Crippen LogP contribution in [0.2, 0.25) is 0 Å². The van der Waals surface area contributed by atoms with Crippen molar-refractivity contribution >= 4 is 16.0 Å². The number of nitrogens with one attached hydrogen (secondary N) is 2. The first-order chi connectivity index (χ1) is 12.5. The molecule has 0 aromatic carbocycles. The summed E-state index contributed by atoms with van der Waals surface area (Å²) in [6, 6.07) is 0. The number of hydrogen-bond donors (Lipinski definition) is 2. The van der Waals surface area contributed by atoms with Crippen LogP contribution < -0.4 is 10.6 Å². The Balaban J connectivity index is 1.86. The Morgan fingerprint density at radius 3 is 2.58 bits per heavy atom. The lowest BCUT2D eigenvalue weighted by atomic mass is 9.83. The molecule has 26 heavy (non-hydrogen) atoms. The van der Waals surface area contributed by atoms with Gasteiger partial charge in [0, 0.05) is 45.9 Å². The van der Waals surface area contributed by atoms with Crippen molar-refractivity contribution in [3.8, 4) is 0 Å². The van der Waals surface area contributed by atoms with Crippen molar-refractivity contribution in [1.29, 1.82) is 0 Å². The molecule has 0 aromatic rings. The Morgan fingerprint density at radius 1 is 1.19 bits per heavy atom. The van der Waals surface area contributed by atoms with Gasteiger partial charge in [-0.1, -0.05) is 12.8 Å². The zero-order chi connectivity index (χ0) is 18.9. The van der Waals surface area contributed by atoms with E-state index in [4.69, 9.17) is 9.73 Å². The Bertz CT molecular complexity index is 545. The van der Waals surface area contributed by atoms with E-state index in [1.807, 2.05) is 13.8 Å². The number of aliphatic imine (C=N–C) groups is 1. The molecule has 0 unspecified atom stereocenters. The lowest BCUT2D eigenvalue weighted by Crippen LogP contribution is -2.42. The Labute approximate surface area is 159 Å². The van der Waals surface area contributed by atoms with E-state index < -0.39 is 10.0 Å². The van der Waals surface area contributed by atoms with Crippen molar-refractivity contribution < 1.29 is 13.2 Å². The normalized spacial score (nSPS) is 22.6. The van der Waals surface area contributed by atoms with Gasteiger partial charge in [0.1, 0.15) is 0 Å². The van der Waals surface area contributed by atoms with Crippen LogP contribution in [0, 0.1) is 5.41 Å². The third kappa shape index (κ3) is 6.39. The molecule has 0 amide bonds. The van der Waals surface area contributed by atoms with E-state index in [1.54, 1.807) is 4.31 Å². The second-order valence-corrected chi connectivity index (χ2v) is 9.43. The summed E-state index contributed by atoms with van der Waals surface area (Å²) >= 11 is 0. The van der Waals surface area contributed by atoms with E-state index in [9.17, 15) is 8.42 Å². The SMILES string of the molecule is CCNC(=NCC1(CCOCC)CCCC1)NCCN1CCCS1(=O)=O. The maximum Gasteiger partial charge on any atom is 0.214 e. The molecular weight excluding hydrogens is 352 g/mol. The molecule has 152 valence electrons. The van der Waals surface area contributed by atoms with Crippen LogP contribution >= 0.6 is 0 Å².